The van der Waals surface area contributed by atoms with Crippen molar-refractivity contribution >= 4 is 69.1 Å². The zero-order valence-electron chi connectivity index (χ0n) is 19.9. The average molecular weight is 616 g/mol. The smallest absolute Gasteiger partial charge is 0.178 e. The lowest BCUT2D eigenvalue weighted by Crippen LogP contribution is -2.66. The van der Waals surface area contributed by atoms with Crippen LogP contribution in [-0.4, -0.2) is 87.6 Å². The van der Waals surface area contributed by atoms with E-state index < -0.39 is 40.5 Å². The first-order valence-corrected chi connectivity index (χ1v) is 15.3. The summed E-state index contributed by atoms with van der Waals surface area (Å²) >= 11 is 11.7. The highest BCUT2D eigenvalue weighted by Gasteiger charge is 2.52. The molecule has 1 fully saturated rings. The van der Waals surface area contributed by atoms with Crippen LogP contribution in [0.2, 0.25) is 5.02 Å². The number of thioether (sulfide) groups is 3. The number of hydrogen-bond acceptors (Lipinski definition) is 13. The average Bonchev–Trinajstić information content (AvgIpc) is 3.40. The minimum Gasteiger partial charge on any atom is -0.394 e. The van der Waals surface area contributed by atoms with E-state index in [-0.39, 0.29) is 0 Å². The second-order valence-electron chi connectivity index (χ2n) is 8.09. The Morgan fingerprint density at radius 2 is 1.76 bits per heavy atom. The van der Waals surface area contributed by atoms with Crippen molar-refractivity contribution in [1.29, 1.82) is 0 Å². The molecule has 1 aliphatic rings. The third-order valence-electron chi connectivity index (χ3n) is 5.59. The van der Waals surface area contributed by atoms with Gasteiger partial charge < -0.3 is 25.5 Å². The van der Waals surface area contributed by atoms with Gasteiger partial charge in [-0.05, 0) is 24.5 Å². The number of aliphatic imine (C=N–C) groups is 1. The lowest BCUT2D eigenvalue weighted by molar-refractivity contribution is -0.121. The SMILES string of the molecule is CSC1(Sc2nnc(-c3ccccc3Cl)s2)SC(=Nc2ccccc2)NNC1[C@H](O)[C@@H](O)[C@H](O)[C@H](O)CO. The fourth-order valence-corrected chi connectivity index (χ4v) is 9.31. The van der Waals surface area contributed by atoms with Gasteiger partial charge in [0.25, 0.3) is 0 Å². The first-order chi connectivity index (χ1) is 18.3. The summed E-state index contributed by atoms with van der Waals surface area (Å²) in [5.74, 6) is 0. The molecule has 0 radical (unpaired) electrons. The van der Waals surface area contributed by atoms with Crippen LogP contribution in [0.3, 0.4) is 0 Å². The Morgan fingerprint density at radius 1 is 1.05 bits per heavy atom. The molecule has 1 saturated heterocycles. The highest BCUT2D eigenvalue weighted by atomic mass is 35.5. The summed E-state index contributed by atoms with van der Waals surface area (Å²) in [6.45, 7) is -0.776. The Bertz CT molecular complexity index is 1240. The van der Waals surface area contributed by atoms with Gasteiger partial charge in [0.15, 0.2) is 9.51 Å². The van der Waals surface area contributed by atoms with Crippen LogP contribution < -0.4 is 10.9 Å². The topological polar surface area (TPSA) is 163 Å². The summed E-state index contributed by atoms with van der Waals surface area (Å²) in [6, 6.07) is 15.7. The summed E-state index contributed by atoms with van der Waals surface area (Å²) in [4.78, 5) is 4.65. The number of aliphatic hydroxyl groups excluding tert-OH is 5. The van der Waals surface area contributed by atoms with Crippen molar-refractivity contribution < 1.29 is 25.5 Å². The lowest BCUT2D eigenvalue weighted by atomic mass is 9.99. The van der Waals surface area contributed by atoms with Gasteiger partial charge in [0.2, 0.25) is 0 Å². The van der Waals surface area contributed by atoms with Crippen LogP contribution in [0.4, 0.5) is 5.69 Å². The molecule has 6 atom stereocenters. The number of nitrogens with zero attached hydrogens (tertiary/aromatic N) is 3. The normalized spacial score (nSPS) is 24.0. The highest BCUT2D eigenvalue weighted by molar-refractivity contribution is 8.38. The number of rotatable bonds is 10. The number of hydrazine groups is 1. The van der Waals surface area contributed by atoms with Gasteiger partial charge in [-0.1, -0.05) is 82.9 Å². The lowest BCUT2D eigenvalue weighted by Gasteiger charge is -2.45. The largest absolute Gasteiger partial charge is 0.394 e. The standard InChI is InChI=1S/C23H26ClN5O5S4/c1-35-23(38-22-29-27-20(36-22)13-9-5-6-10-14(13)24)19(18(34)17(33)16(32)15(31)11-30)26-28-21(37-23)25-12-7-3-2-4-8-12/h2-10,15-19,26,30-34H,11H2,1H3,(H,25,28)/t15-,16-,17+,18-,19?,23?/m1/s1. The molecule has 0 amide bonds. The maximum atomic E-state index is 11.2. The third-order valence-corrected chi connectivity index (χ3v) is 11.7. The maximum Gasteiger partial charge on any atom is 0.178 e. The molecule has 10 nitrogen and oxygen atoms in total. The molecule has 3 aromatic rings. The molecule has 0 spiro atoms. The van der Waals surface area contributed by atoms with E-state index in [2.05, 4.69) is 26.0 Å². The molecule has 7 N–H and O–H groups in total. The summed E-state index contributed by atoms with van der Waals surface area (Å²) in [5, 5.41) is 61.5. The van der Waals surface area contributed by atoms with Crippen molar-refractivity contribution in [2.24, 2.45) is 4.99 Å². The molecule has 0 bridgehead atoms. The fraction of sp³-hybridized carbons (Fsp3) is 0.348. The molecule has 1 aliphatic heterocycles. The van der Waals surface area contributed by atoms with Crippen molar-refractivity contribution in [2.45, 2.75) is 38.2 Å². The van der Waals surface area contributed by atoms with Gasteiger partial charge in [-0.2, -0.15) is 0 Å². The van der Waals surface area contributed by atoms with E-state index in [1.165, 1.54) is 46.6 Å². The zero-order chi connectivity index (χ0) is 27.3. The molecule has 0 aliphatic carbocycles. The molecule has 1 aromatic heterocycles. The van der Waals surface area contributed by atoms with Crippen LogP contribution in [-0.2, 0) is 0 Å². The van der Waals surface area contributed by atoms with Gasteiger partial charge in [-0.25, -0.2) is 10.4 Å². The second kappa shape index (κ2) is 13.3. The minimum atomic E-state index is -1.78. The molecule has 15 heteroatoms. The van der Waals surface area contributed by atoms with Crippen molar-refractivity contribution in [3.63, 3.8) is 0 Å². The number of aromatic nitrogens is 2. The molecule has 38 heavy (non-hydrogen) atoms. The third kappa shape index (κ3) is 6.64. The summed E-state index contributed by atoms with van der Waals surface area (Å²) in [7, 11) is 0. The predicted octanol–water partition coefficient (Wildman–Crippen LogP) is 2.30. The first kappa shape index (κ1) is 29.6. The van der Waals surface area contributed by atoms with Gasteiger partial charge in [-0.3, -0.25) is 5.43 Å². The number of aliphatic hydroxyl groups is 5. The monoisotopic (exact) mass is 615 g/mol. The number of para-hydroxylation sites is 1. The van der Waals surface area contributed by atoms with Crippen molar-refractivity contribution in [1.82, 2.24) is 21.0 Å². The Labute approximate surface area is 240 Å². The molecular weight excluding hydrogens is 590 g/mol. The quantitative estimate of drug-likeness (QED) is 0.167. The number of halogens is 1. The Balaban J connectivity index is 1.67. The molecule has 204 valence electrons. The number of amidine groups is 1. The van der Waals surface area contributed by atoms with E-state index in [1.807, 2.05) is 54.8 Å². The van der Waals surface area contributed by atoms with Crippen molar-refractivity contribution in [2.75, 3.05) is 12.9 Å². The zero-order valence-corrected chi connectivity index (χ0v) is 23.9. The van der Waals surface area contributed by atoms with E-state index in [0.717, 1.165) is 5.56 Å². The Morgan fingerprint density at radius 3 is 2.45 bits per heavy atom. The van der Waals surface area contributed by atoms with Gasteiger partial charge >= 0.3 is 0 Å². The number of nitrogens with one attached hydrogen (secondary N) is 2. The van der Waals surface area contributed by atoms with Gasteiger partial charge in [0, 0.05) is 5.56 Å². The molecule has 2 aromatic carbocycles. The molecule has 2 unspecified atom stereocenters. The van der Waals surface area contributed by atoms with E-state index in [1.54, 1.807) is 6.07 Å². The summed E-state index contributed by atoms with van der Waals surface area (Å²) in [5.41, 5.74) is 7.44. The van der Waals surface area contributed by atoms with Crippen LogP contribution in [0, 0.1) is 0 Å². The summed E-state index contributed by atoms with van der Waals surface area (Å²) < 4.78 is -0.396. The maximum absolute atomic E-state index is 11.2. The van der Waals surface area contributed by atoms with Gasteiger partial charge in [-0.15, -0.1) is 22.0 Å². The van der Waals surface area contributed by atoms with Crippen LogP contribution in [0.25, 0.3) is 10.6 Å². The number of benzene rings is 2. The van der Waals surface area contributed by atoms with Crippen LogP contribution in [0.15, 0.2) is 63.9 Å². The Hall–Kier alpha value is -1.43. The van der Waals surface area contributed by atoms with Crippen LogP contribution in [0.1, 0.15) is 0 Å². The van der Waals surface area contributed by atoms with Gasteiger partial charge in [0.1, 0.15) is 32.8 Å². The van der Waals surface area contributed by atoms with Crippen molar-refractivity contribution in [3.8, 4) is 10.6 Å². The summed E-state index contributed by atoms with van der Waals surface area (Å²) in [6.07, 6.45) is -4.91. The second-order valence-corrected chi connectivity index (χ2v) is 14.0. The minimum absolute atomic E-state index is 0.503. The van der Waals surface area contributed by atoms with E-state index in [0.29, 0.717) is 25.2 Å². The van der Waals surface area contributed by atoms with Crippen molar-refractivity contribution in [3.05, 3.63) is 59.6 Å². The molecule has 0 saturated carbocycles. The Kier molecular flexibility index (Phi) is 10.3. The van der Waals surface area contributed by atoms with E-state index in [9.17, 15) is 25.5 Å². The molecule has 2 heterocycles. The van der Waals surface area contributed by atoms with E-state index in [4.69, 9.17) is 11.6 Å². The molecular formula is C23H26ClN5O5S4. The highest BCUT2D eigenvalue weighted by Crippen LogP contribution is 2.55. The molecule has 4 rings (SSSR count). The number of hydrogen-bond donors (Lipinski definition) is 7. The van der Waals surface area contributed by atoms with E-state index >= 15 is 0 Å². The van der Waals surface area contributed by atoms with Gasteiger partial charge in [0.05, 0.1) is 23.4 Å². The van der Waals surface area contributed by atoms with Crippen LogP contribution in [0.5, 0.6) is 0 Å². The fourth-order valence-electron chi connectivity index (χ4n) is 3.56. The first-order valence-electron chi connectivity index (χ1n) is 11.3. The van der Waals surface area contributed by atoms with Crippen LogP contribution >= 0.6 is 58.2 Å². The predicted molar refractivity (Wildman–Crippen MR) is 155 cm³/mol.